The first-order chi connectivity index (χ1) is 12.8. The van der Waals surface area contributed by atoms with Crippen molar-refractivity contribution in [1.29, 1.82) is 0 Å². The van der Waals surface area contributed by atoms with Crippen LogP contribution in [0.3, 0.4) is 0 Å². The third kappa shape index (κ3) is 3.48. The number of hydrogen-bond acceptors (Lipinski definition) is 4. The molecule has 0 radical (unpaired) electrons. The Balaban J connectivity index is 1.66. The summed E-state index contributed by atoms with van der Waals surface area (Å²) in [5.74, 6) is 2.49. The van der Waals surface area contributed by atoms with Gasteiger partial charge in [0.1, 0.15) is 17.5 Å². The number of aryl methyl sites for hydroxylation is 2. The Bertz CT molecular complexity index is 855. The van der Waals surface area contributed by atoms with Gasteiger partial charge in [-0.1, -0.05) is 42.5 Å². The van der Waals surface area contributed by atoms with E-state index in [2.05, 4.69) is 24.3 Å². The lowest BCUT2D eigenvalue weighted by molar-refractivity contribution is 0.103. The van der Waals surface area contributed by atoms with Gasteiger partial charge < -0.3 is 9.47 Å². The molecule has 5 nitrogen and oxygen atoms in total. The molecule has 1 atom stereocenters. The van der Waals surface area contributed by atoms with Crippen molar-refractivity contribution in [3.63, 3.8) is 0 Å². The Labute approximate surface area is 153 Å². The van der Waals surface area contributed by atoms with Gasteiger partial charge in [-0.15, -0.1) is 0 Å². The predicted octanol–water partition coefficient (Wildman–Crippen LogP) is 3.91. The minimum atomic E-state index is -0.00196. The van der Waals surface area contributed by atoms with E-state index in [0.29, 0.717) is 0 Å². The van der Waals surface area contributed by atoms with Crippen LogP contribution in [0.15, 0.2) is 54.6 Å². The van der Waals surface area contributed by atoms with Gasteiger partial charge in [0.05, 0.1) is 7.11 Å². The van der Waals surface area contributed by atoms with E-state index in [9.17, 15) is 0 Å². The molecule has 1 saturated heterocycles. The van der Waals surface area contributed by atoms with Gasteiger partial charge in [-0.25, -0.2) is 9.67 Å². The second kappa shape index (κ2) is 7.70. The first-order valence-corrected chi connectivity index (χ1v) is 9.10. The topological polar surface area (TPSA) is 49.2 Å². The zero-order valence-electron chi connectivity index (χ0n) is 15.0. The summed E-state index contributed by atoms with van der Waals surface area (Å²) >= 11 is 0. The summed E-state index contributed by atoms with van der Waals surface area (Å²) in [4.78, 5) is 4.83. The van der Waals surface area contributed by atoms with Crippen LogP contribution in [0.1, 0.15) is 36.2 Å². The zero-order valence-corrected chi connectivity index (χ0v) is 15.0. The molecular formula is C21H23N3O2. The number of hydrogen-bond donors (Lipinski definition) is 0. The van der Waals surface area contributed by atoms with Crippen LogP contribution >= 0.6 is 0 Å². The second-order valence-corrected chi connectivity index (χ2v) is 6.46. The number of aromatic nitrogens is 3. The van der Waals surface area contributed by atoms with Crippen molar-refractivity contribution in [2.24, 2.45) is 0 Å². The third-order valence-corrected chi connectivity index (χ3v) is 4.69. The van der Waals surface area contributed by atoms with Crippen LogP contribution in [0, 0.1) is 0 Å². The van der Waals surface area contributed by atoms with Crippen molar-refractivity contribution in [3.05, 3.63) is 71.8 Å². The smallest absolute Gasteiger partial charge is 0.161 e. The van der Waals surface area contributed by atoms with Gasteiger partial charge in [0.25, 0.3) is 0 Å². The number of para-hydroxylation sites is 2. The molecule has 26 heavy (non-hydrogen) atoms. The monoisotopic (exact) mass is 349 g/mol. The minimum Gasteiger partial charge on any atom is -0.494 e. The van der Waals surface area contributed by atoms with Crippen LogP contribution < -0.4 is 4.74 Å². The van der Waals surface area contributed by atoms with Gasteiger partial charge in [-0.2, -0.15) is 5.10 Å². The molecule has 134 valence electrons. The highest BCUT2D eigenvalue weighted by Crippen LogP contribution is 2.31. The lowest BCUT2D eigenvalue weighted by Crippen LogP contribution is -2.09. The molecule has 1 fully saturated rings. The van der Waals surface area contributed by atoms with Crippen molar-refractivity contribution >= 4 is 0 Å². The van der Waals surface area contributed by atoms with E-state index in [0.717, 1.165) is 55.4 Å². The van der Waals surface area contributed by atoms with Gasteiger partial charge in [0.2, 0.25) is 0 Å². The van der Waals surface area contributed by atoms with Crippen molar-refractivity contribution in [2.75, 3.05) is 13.7 Å². The minimum absolute atomic E-state index is 0.00196. The maximum absolute atomic E-state index is 5.89. The van der Waals surface area contributed by atoms with E-state index >= 15 is 0 Å². The van der Waals surface area contributed by atoms with Crippen molar-refractivity contribution in [3.8, 4) is 11.4 Å². The van der Waals surface area contributed by atoms with Gasteiger partial charge in [-0.05, 0) is 37.0 Å². The van der Waals surface area contributed by atoms with Crippen molar-refractivity contribution in [1.82, 2.24) is 14.8 Å². The Morgan fingerprint density at radius 3 is 2.65 bits per heavy atom. The first kappa shape index (κ1) is 16.8. The lowest BCUT2D eigenvalue weighted by Gasteiger charge is -2.13. The Morgan fingerprint density at radius 1 is 1.08 bits per heavy atom. The van der Waals surface area contributed by atoms with Crippen LogP contribution in [-0.4, -0.2) is 28.5 Å². The molecule has 0 aliphatic carbocycles. The summed E-state index contributed by atoms with van der Waals surface area (Å²) in [7, 11) is 1.68. The fraction of sp³-hybridized carbons (Fsp3) is 0.333. The molecule has 0 spiro atoms. The Hall–Kier alpha value is -2.66. The Morgan fingerprint density at radius 2 is 1.88 bits per heavy atom. The van der Waals surface area contributed by atoms with Crippen molar-refractivity contribution < 1.29 is 9.47 Å². The maximum Gasteiger partial charge on any atom is 0.161 e. The quantitative estimate of drug-likeness (QED) is 0.677. The third-order valence-electron chi connectivity index (χ3n) is 4.69. The van der Waals surface area contributed by atoms with E-state index in [1.807, 2.05) is 35.0 Å². The van der Waals surface area contributed by atoms with E-state index in [1.54, 1.807) is 7.11 Å². The van der Waals surface area contributed by atoms with Crippen LogP contribution in [0.2, 0.25) is 0 Å². The van der Waals surface area contributed by atoms with Crippen LogP contribution in [0.4, 0.5) is 0 Å². The zero-order chi connectivity index (χ0) is 17.8. The summed E-state index contributed by atoms with van der Waals surface area (Å²) < 4.78 is 13.3. The number of benzene rings is 2. The summed E-state index contributed by atoms with van der Waals surface area (Å²) in [6, 6.07) is 18.3. The summed E-state index contributed by atoms with van der Waals surface area (Å²) in [5.41, 5.74) is 2.19. The lowest BCUT2D eigenvalue weighted by atomic mass is 10.1. The molecule has 3 aromatic rings. The molecule has 0 unspecified atom stereocenters. The number of methoxy groups -OCH3 is 1. The highest BCUT2D eigenvalue weighted by Gasteiger charge is 2.26. The van der Waals surface area contributed by atoms with Gasteiger partial charge >= 0.3 is 0 Å². The molecule has 2 aromatic carbocycles. The van der Waals surface area contributed by atoms with Gasteiger partial charge in [0.15, 0.2) is 11.6 Å². The van der Waals surface area contributed by atoms with E-state index < -0.39 is 0 Å². The van der Waals surface area contributed by atoms with Crippen molar-refractivity contribution in [2.45, 2.75) is 31.8 Å². The van der Waals surface area contributed by atoms with Crippen LogP contribution in [-0.2, 0) is 17.6 Å². The molecule has 2 heterocycles. The highest BCUT2D eigenvalue weighted by molar-refractivity contribution is 5.46. The molecule has 0 bridgehead atoms. The average Bonchev–Trinajstić information content (AvgIpc) is 3.37. The first-order valence-electron chi connectivity index (χ1n) is 9.10. The van der Waals surface area contributed by atoms with Crippen LogP contribution in [0.5, 0.6) is 5.75 Å². The molecule has 0 amide bonds. The highest BCUT2D eigenvalue weighted by atomic mass is 16.5. The van der Waals surface area contributed by atoms with Gasteiger partial charge in [0, 0.05) is 13.0 Å². The fourth-order valence-electron chi connectivity index (χ4n) is 3.35. The SMILES string of the molecule is COc1ccccc1-n1nc(CCc2ccccc2)nc1[C@H]1CCCO1. The molecule has 0 saturated carbocycles. The number of rotatable bonds is 6. The molecule has 1 aromatic heterocycles. The van der Waals surface area contributed by atoms with Gasteiger partial charge in [-0.3, -0.25) is 0 Å². The number of nitrogens with zero attached hydrogens (tertiary/aromatic N) is 3. The summed E-state index contributed by atoms with van der Waals surface area (Å²) in [6.45, 7) is 0.781. The summed E-state index contributed by atoms with van der Waals surface area (Å²) in [5, 5.41) is 4.79. The fourth-order valence-corrected chi connectivity index (χ4v) is 3.35. The maximum atomic E-state index is 5.89. The van der Waals surface area contributed by atoms with E-state index in [1.165, 1.54) is 5.56 Å². The standard InChI is InChI=1S/C21H23N3O2/c1-25-18-11-6-5-10-17(18)24-21(19-12-7-15-26-19)22-20(23-24)14-13-16-8-3-2-4-9-16/h2-6,8-11,19H,7,12-15H2,1H3/t19-/m1/s1. The normalized spacial score (nSPS) is 16.7. The molecule has 1 aliphatic rings. The predicted molar refractivity (Wildman–Crippen MR) is 99.7 cm³/mol. The molecule has 1 aliphatic heterocycles. The molecule has 5 heteroatoms. The molecular weight excluding hydrogens is 326 g/mol. The average molecular weight is 349 g/mol. The Kier molecular flexibility index (Phi) is 4.97. The number of ether oxygens (including phenoxy) is 2. The van der Waals surface area contributed by atoms with E-state index in [-0.39, 0.29) is 6.10 Å². The summed E-state index contributed by atoms with van der Waals surface area (Å²) in [6.07, 6.45) is 3.75. The molecule has 0 N–H and O–H groups in total. The van der Waals surface area contributed by atoms with Crippen LogP contribution in [0.25, 0.3) is 5.69 Å². The molecule has 4 rings (SSSR count). The van der Waals surface area contributed by atoms with E-state index in [4.69, 9.17) is 19.6 Å². The largest absolute Gasteiger partial charge is 0.494 e. The second-order valence-electron chi connectivity index (χ2n) is 6.46.